The molecule has 0 aliphatic carbocycles. The van der Waals surface area contributed by atoms with Crippen LogP contribution in [0.2, 0.25) is 5.02 Å². The zero-order chi connectivity index (χ0) is 22.7. The van der Waals surface area contributed by atoms with Crippen molar-refractivity contribution in [1.29, 1.82) is 0 Å². The number of hydrogen-bond donors (Lipinski definition) is 1. The van der Waals surface area contributed by atoms with E-state index in [1.165, 1.54) is 24.7 Å². The van der Waals surface area contributed by atoms with Crippen molar-refractivity contribution in [3.05, 3.63) is 95.2 Å². The van der Waals surface area contributed by atoms with Gasteiger partial charge < -0.3 is 5.32 Å². The Morgan fingerprint density at radius 1 is 1.16 bits per heavy atom. The van der Waals surface area contributed by atoms with Gasteiger partial charge in [-0.2, -0.15) is 18.3 Å². The summed E-state index contributed by atoms with van der Waals surface area (Å²) in [4.78, 5) is 20.5. The van der Waals surface area contributed by atoms with Gasteiger partial charge in [-0.25, -0.2) is 9.67 Å². The molecule has 0 fully saturated rings. The highest BCUT2D eigenvalue weighted by Crippen LogP contribution is 2.32. The molecule has 1 N–H and O–H groups in total. The summed E-state index contributed by atoms with van der Waals surface area (Å²) in [5.41, 5.74) is 0.278. The summed E-state index contributed by atoms with van der Waals surface area (Å²) in [7, 11) is 0. The minimum atomic E-state index is -4.64. The van der Waals surface area contributed by atoms with E-state index in [0.29, 0.717) is 21.8 Å². The quantitative estimate of drug-likeness (QED) is 0.595. The molecular weight excluding hydrogens is 443 g/mol. The molecule has 1 aliphatic heterocycles. The summed E-state index contributed by atoms with van der Waals surface area (Å²) >= 11 is 5.91. The lowest BCUT2D eigenvalue weighted by atomic mass is 10.2. The van der Waals surface area contributed by atoms with E-state index in [9.17, 15) is 18.0 Å². The molecule has 6 nitrogen and oxygen atoms in total. The van der Waals surface area contributed by atoms with Crippen molar-refractivity contribution < 1.29 is 18.0 Å². The number of alkyl halides is 3. The van der Waals surface area contributed by atoms with Crippen molar-refractivity contribution in [2.45, 2.75) is 12.6 Å². The molecule has 0 bridgehead atoms. The van der Waals surface area contributed by atoms with E-state index in [0.717, 1.165) is 10.7 Å². The summed E-state index contributed by atoms with van der Waals surface area (Å²) in [6.07, 6.45) is 2.84. The van der Waals surface area contributed by atoms with Crippen LogP contribution in [0.15, 0.2) is 83.9 Å². The summed E-state index contributed by atoms with van der Waals surface area (Å²) < 4.78 is 41.8. The average Bonchev–Trinajstić information content (AvgIpc) is 3.10. The van der Waals surface area contributed by atoms with E-state index in [1.54, 1.807) is 42.5 Å². The Morgan fingerprint density at radius 3 is 2.72 bits per heavy atom. The number of aromatic nitrogens is 3. The zero-order valence-electron chi connectivity index (χ0n) is 16.3. The number of nitrogens with zero attached hydrogens (tertiary/aromatic N) is 4. The van der Waals surface area contributed by atoms with Crippen LogP contribution in [0, 0.1) is 0 Å². The van der Waals surface area contributed by atoms with E-state index in [-0.39, 0.29) is 18.0 Å². The maximum Gasteiger partial charge on any atom is 0.433 e. The Morgan fingerprint density at radius 2 is 2.00 bits per heavy atom. The predicted molar refractivity (Wildman–Crippen MR) is 114 cm³/mol. The molecule has 10 heteroatoms. The third-order valence-corrected chi connectivity index (χ3v) is 4.73. The Kier molecular flexibility index (Phi) is 5.91. The number of halogens is 4. The number of aliphatic imine (C=N–C) groups is 1. The Labute approximate surface area is 185 Å². The second-order valence-corrected chi connectivity index (χ2v) is 7.20. The number of nitrogens with one attached hydrogen (secondary N) is 1. The normalized spacial score (nSPS) is 13.9. The average molecular weight is 458 g/mol. The second-order valence-electron chi connectivity index (χ2n) is 6.77. The Balaban J connectivity index is 1.65. The first-order chi connectivity index (χ1) is 15.3. The van der Waals surface area contributed by atoms with Crippen LogP contribution in [-0.2, 0) is 6.18 Å². The topological polar surface area (TPSA) is 72.2 Å². The molecule has 4 rings (SSSR count). The maximum absolute atomic E-state index is 13.7. The van der Waals surface area contributed by atoms with Gasteiger partial charge in [0, 0.05) is 35.0 Å². The summed E-state index contributed by atoms with van der Waals surface area (Å²) in [6, 6.07) is 10.6. The van der Waals surface area contributed by atoms with Crippen molar-refractivity contribution in [1.82, 2.24) is 20.1 Å². The summed E-state index contributed by atoms with van der Waals surface area (Å²) in [5, 5.41) is 7.18. The van der Waals surface area contributed by atoms with E-state index in [1.807, 2.05) is 0 Å². The van der Waals surface area contributed by atoms with Crippen LogP contribution in [0.25, 0.3) is 11.3 Å². The smallest absolute Gasteiger partial charge is 0.321 e. The third-order valence-electron chi connectivity index (χ3n) is 4.50. The van der Waals surface area contributed by atoms with Gasteiger partial charge in [0.25, 0.3) is 5.91 Å². The highest BCUT2D eigenvalue weighted by Gasteiger charge is 2.37. The van der Waals surface area contributed by atoms with E-state index in [2.05, 4.69) is 20.4 Å². The lowest BCUT2D eigenvalue weighted by Gasteiger charge is -2.10. The third kappa shape index (κ3) is 4.78. The van der Waals surface area contributed by atoms with E-state index < -0.39 is 17.8 Å². The van der Waals surface area contributed by atoms with Gasteiger partial charge in [-0.05, 0) is 42.5 Å². The monoisotopic (exact) mass is 457 g/mol. The van der Waals surface area contributed by atoms with E-state index in [4.69, 9.17) is 11.6 Å². The molecule has 0 saturated carbocycles. The van der Waals surface area contributed by atoms with E-state index >= 15 is 0 Å². The number of carbonyl (C=O) groups is 1. The van der Waals surface area contributed by atoms with Crippen molar-refractivity contribution in [2.24, 2.45) is 4.99 Å². The fourth-order valence-corrected chi connectivity index (χ4v) is 3.20. The molecule has 0 atom stereocenters. The molecule has 3 aromatic rings. The van der Waals surface area contributed by atoms with Gasteiger partial charge >= 0.3 is 6.18 Å². The number of pyridine rings is 1. The molecular formula is C22H15ClF3N5O. The van der Waals surface area contributed by atoms with Crippen LogP contribution in [-0.4, -0.2) is 26.5 Å². The fourth-order valence-electron chi connectivity index (χ4n) is 3.01. The molecule has 0 saturated heterocycles. The molecule has 3 heterocycles. The van der Waals surface area contributed by atoms with Gasteiger partial charge in [-0.1, -0.05) is 23.7 Å². The second kappa shape index (κ2) is 8.80. The fraction of sp³-hybridized carbons (Fsp3) is 0.0909. The molecule has 2 aromatic heterocycles. The van der Waals surface area contributed by atoms with Crippen LogP contribution in [0.5, 0.6) is 0 Å². The molecule has 32 heavy (non-hydrogen) atoms. The molecule has 1 aliphatic rings. The number of carbonyl (C=O) groups excluding carboxylic acids is 1. The molecule has 1 aromatic carbocycles. The first-order valence-electron chi connectivity index (χ1n) is 9.39. The van der Waals surface area contributed by atoms with Crippen molar-refractivity contribution in [3.63, 3.8) is 0 Å². The SMILES string of the molecule is O=C(NC1=CN=C(n2nc(-c3cccnc3)cc2C(F)(F)F)CC=C1)c1cccc(Cl)c1. The molecule has 0 unspecified atom stereocenters. The first-order valence-corrected chi connectivity index (χ1v) is 9.77. The van der Waals surface area contributed by atoms with Crippen LogP contribution in [0.1, 0.15) is 22.5 Å². The summed E-state index contributed by atoms with van der Waals surface area (Å²) in [5.74, 6) is -0.369. The van der Waals surface area contributed by atoms with Crippen molar-refractivity contribution in [2.75, 3.05) is 0 Å². The highest BCUT2D eigenvalue weighted by atomic mass is 35.5. The first kappa shape index (κ1) is 21.5. The maximum atomic E-state index is 13.7. The number of amides is 1. The number of rotatable bonds is 3. The van der Waals surface area contributed by atoms with Gasteiger partial charge in [0.2, 0.25) is 0 Å². The molecule has 1 amide bonds. The zero-order valence-corrected chi connectivity index (χ0v) is 17.1. The molecule has 162 valence electrons. The van der Waals surface area contributed by atoms with Crippen LogP contribution in [0.3, 0.4) is 0 Å². The van der Waals surface area contributed by atoms with Crippen molar-refractivity contribution in [3.8, 4) is 11.3 Å². The molecule has 0 radical (unpaired) electrons. The number of hydrogen-bond acceptors (Lipinski definition) is 4. The molecule has 0 spiro atoms. The lowest BCUT2D eigenvalue weighted by molar-refractivity contribution is -0.142. The van der Waals surface area contributed by atoms with Crippen LogP contribution < -0.4 is 5.32 Å². The van der Waals surface area contributed by atoms with Gasteiger partial charge in [0.15, 0.2) is 0 Å². The van der Waals surface area contributed by atoms with Crippen LogP contribution >= 0.6 is 11.6 Å². The number of benzene rings is 1. The van der Waals surface area contributed by atoms with Gasteiger partial charge in [0.1, 0.15) is 11.5 Å². The van der Waals surface area contributed by atoms with Gasteiger partial charge in [0.05, 0.1) is 17.6 Å². The predicted octanol–water partition coefficient (Wildman–Crippen LogP) is 5.10. The van der Waals surface area contributed by atoms with Gasteiger partial charge in [-0.3, -0.25) is 9.78 Å². The minimum Gasteiger partial charge on any atom is -0.321 e. The highest BCUT2D eigenvalue weighted by molar-refractivity contribution is 6.31. The Hall–Kier alpha value is -3.72. The largest absolute Gasteiger partial charge is 0.433 e. The standard InChI is InChI=1S/C22H15ClF3N5O/c23-16-6-1-4-14(10-16)21(32)29-17-7-2-8-20(28-13-17)31-19(22(24,25)26)11-18(30-31)15-5-3-9-27-12-15/h1-7,9-13H,8H2,(H,29,32). The Bertz CT molecular complexity index is 1250. The summed E-state index contributed by atoms with van der Waals surface area (Å²) in [6.45, 7) is 0. The van der Waals surface area contributed by atoms with Crippen molar-refractivity contribution >= 4 is 23.3 Å². The minimum absolute atomic E-state index is 0.0516. The number of allylic oxidation sites excluding steroid dienone is 2. The lowest BCUT2D eigenvalue weighted by Crippen LogP contribution is -2.22. The van der Waals surface area contributed by atoms with Gasteiger partial charge in [-0.15, -0.1) is 0 Å². The van der Waals surface area contributed by atoms with Crippen LogP contribution in [0.4, 0.5) is 13.2 Å².